The molecule has 3 aromatic carbocycles. The summed E-state index contributed by atoms with van der Waals surface area (Å²) in [5.74, 6) is 1.99. The fourth-order valence-corrected chi connectivity index (χ4v) is 3.10. The lowest BCUT2D eigenvalue weighted by atomic mass is 10.1. The van der Waals surface area contributed by atoms with E-state index in [1.54, 1.807) is 19.2 Å². The molecular formula is C24H21FN2O3. The molecule has 30 heavy (non-hydrogen) atoms. The molecule has 1 heterocycles. The Balaban J connectivity index is 1.59. The molecule has 0 aliphatic heterocycles. The van der Waals surface area contributed by atoms with E-state index in [0.717, 1.165) is 28.0 Å². The Morgan fingerprint density at radius 1 is 0.900 bits per heavy atom. The maximum atomic E-state index is 13.1. The molecule has 0 saturated carbocycles. The van der Waals surface area contributed by atoms with Gasteiger partial charge < -0.3 is 14.0 Å². The van der Waals surface area contributed by atoms with E-state index in [4.69, 9.17) is 14.0 Å². The molecule has 0 spiro atoms. The van der Waals surface area contributed by atoms with Crippen molar-refractivity contribution in [1.82, 2.24) is 10.1 Å². The van der Waals surface area contributed by atoms with Crippen LogP contribution >= 0.6 is 0 Å². The van der Waals surface area contributed by atoms with Gasteiger partial charge in [-0.3, -0.25) is 0 Å². The van der Waals surface area contributed by atoms with Crippen LogP contribution in [-0.4, -0.2) is 17.3 Å². The molecule has 5 nitrogen and oxygen atoms in total. The summed E-state index contributed by atoms with van der Waals surface area (Å²) in [4.78, 5) is 4.44. The monoisotopic (exact) mass is 404 g/mol. The molecule has 0 aliphatic rings. The SMILES string of the molecule is COc1ccc(-c2nc(-c3ccc(F)cc3)no2)cc1COc1cc(C)ccc1C. The van der Waals surface area contributed by atoms with Crippen LogP contribution in [0.2, 0.25) is 0 Å². The highest BCUT2D eigenvalue weighted by Gasteiger charge is 2.14. The first kappa shape index (κ1) is 19.6. The van der Waals surface area contributed by atoms with E-state index < -0.39 is 0 Å². The largest absolute Gasteiger partial charge is 0.496 e. The highest BCUT2D eigenvalue weighted by atomic mass is 19.1. The zero-order valence-corrected chi connectivity index (χ0v) is 17.0. The highest BCUT2D eigenvalue weighted by Crippen LogP contribution is 2.29. The molecule has 0 aliphatic carbocycles. The predicted octanol–water partition coefficient (Wildman–Crippen LogP) is 5.75. The van der Waals surface area contributed by atoms with E-state index in [1.807, 2.05) is 44.2 Å². The van der Waals surface area contributed by atoms with Crippen LogP contribution in [0.25, 0.3) is 22.8 Å². The second kappa shape index (κ2) is 8.37. The summed E-state index contributed by atoms with van der Waals surface area (Å²) in [6.45, 7) is 4.37. The predicted molar refractivity (Wildman–Crippen MR) is 112 cm³/mol. The minimum Gasteiger partial charge on any atom is -0.496 e. The fourth-order valence-electron chi connectivity index (χ4n) is 3.10. The Morgan fingerprint density at radius 3 is 2.43 bits per heavy atom. The number of rotatable bonds is 6. The Kier molecular flexibility index (Phi) is 5.48. The van der Waals surface area contributed by atoms with E-state index >= 15 is 0 Å². The number of aryl methyl sites for hydroxylation is 2. The zero-order chi connectivity index (χ0) is 21.1. The molecular weight excluding hydrogens is 383 g/mol. The topological polar surface area (TPSA) is 57.4 Å². The van der Waals surface area contributed by atoms with Crippen molar-refractivity contribution in [2.75, 3.05) is 7.11 Å². The first-order valence-corrected chi connectivity index (χ1v) is 9.50. The van der Waals surface area contributed by atoms with Crippen molar-refractivity contribution in [3.8, 4) is 34.3 Å². The summed E-state index contributed by atoms with van der Waals surface area (Å²) in [5.41, 5.74) is 4.49. The molecule has 0 fully saturated rings. The van der Waals surface area contributed by atoms with Crippen molar-refractivity contribution in [3.05, 3.63) is 83.2 Å². The number of nitrogens with zero attached hydrogens (tertiary/aromatic N) is 2. The van der Waals surface area contributed by atoms with Gasteiger partial charge in [0.15, 0.2) is 0 Å². The second-order valence-electron chi connectivity index (χ2n) is 7.01. The van der Waals surface area contributed by atoms with Crippen molar-refractivity contribution in [2.24, 2.45) is 0 Å². The van der Waals surface area contributed by atoms with Crippen molar-refractivity contribution < 1.29 is 18.4 Å². The zero-order valence-electron chi connectivity index (χ0n) is 17.0. The summed E-state index contributed by atoms with van der Waals surface area (Å²) >= 11 is 0. The van der Waals surface area contributed by atoms with Crippen LogP contribution in [0.1, 0.15) is 16.7 Å². The van der Waals surface area contributed by atoms with Crippen LogP contribution in [-0.2, 0) is 6.61 Å². The molecule has 0 unspecified atom stereocenters. The molecule has 4 aromatic rings. The van der Waals surface area contributed by atoms with Crippen LogP contribution in [0.3, 0.4) is 0 Å². The molecule has 0 amide bonds. The molecule has 1 aromatic heterocycles. The summed E-state index contributed by atoms with van der Waals surface area (Å²) in [7, 11) is 1.62. The lowest BCUT2D eigenvalue weighted by molar-refractivity contribution is 0.294. The van der Waals surface area contributed by atoms with Crippen molar-refractivity contribution >= 4 is 0 Å². The minimum absolute atomic E-state index is 0.314. The highest BCUT2D eigenvalue weighted by molar-refractivity contribution is 5.61. The molecule has 0 bridgehead atoms. The van der Waals surface area contributed by atoms with Gasteiger partial charge in [0.2, 0.25) is 5.82 Å². The normalized spacial score (nSPS) is 10.8. The Hall–Kier alpha value is -3.67. The molecule has 4 rings (SSSR count). The van der Waals surface area contributed by atoms with E-state index in [0.29, 0.717) is 29.6 Å². The average molecular weight is 404 g/mol. The van der Waals surface area contributed by atoms with Gasteiger partial charge in [0.1, 0.15) is 23.9 Å². The summed E-state index contributed by atoms with van der Waals surface area (Å²) < 4.78 is 30.1. The third kappa shape index (κ3) is 4.17. The lowest BCUT2D eigenvalue weighted by Crippen LogP contribution is -2.00. The number of benzene rings is 3. The van der Waals surface area contributed by atoms with Crippen LogP contribution in [0.15, 0.2) is 65.2 Å². The van der Waals surface area contributed by atoms with Gasteiger partial charge in [0, 0.05) is 16.7 Å². The van der Waals surface area contributed by atoms with E-state index in [9.17, 15) is 4.39 Å². The van der Waals surface area contributed by atoms with Gasteiger partial charge in [-0.05, 0) is 73.5 Å². The van der Waals surface area contributed by atoms with E-state index in [2.05, 4.69) is 16.2 Å². The number of methoxy groups -OCH3 is 1. The standard InChI is InChI=1S/C24H21FN2O3/c1-15-4-5-16(2)22(12-15)29-14-19-13-18(8-11-21(19)28-3)24-26-23(27-30-24)17-6-9-20(25)10-7-17/h4-13H,14H2,1-3H3. The first-order valence-electron chi connectivity index (χ1n) is 9.50. The quantitative estimate of drug-likeness (QED) is 0.410. The average Bonchev–Trinajstić information content (AvgIpc) is 3.25. The van der Waals surface area contributed by atoms with Gasteiger partial charge in [-0.1, -0.05) is 17.3 Å². The molecule has 0 atom stereocenters. The number of halogens is 1. The van der Waals surface area contributed by atoms with Gasteiger partial charge in [-0.15, -0.1) is 0 Å². The third-order valence-corrected chi connectivity index (χ3v) is 4.78. The summed E-state index contributed by atoms with van der Waals surface area (Å²) in [6.07, 6.45) is 0. The van der Waals surface area contributed by atoms with Crippen LogP contribution in [0.5, 0.6) is 11.5 Å². The van der Waals surface area contributed by atoms with E-state index in [-0.39, 0.29) is 5.82 Å². The maximum Gasteiger partial charge on any atom is 0.258 e. The first-order chi connectivity index (χ1) is 14.5. The van der Waals surface area contributed by atoms with Crippen molar-refractivity contribution in [2.45, 2.75) is 20.5 Å². The van der Waals surface area contributed by atoms with Gasteiger partial charge in [-0.25, -0.2) is 4.39 Å². The van der Waals surface area contributed by atoms with Gasteiger partial charge in [0.05, 0.1) is 7.11 Å². The van der Waals surface area contributed by atoms with Gasteiger partial charge >= 0.3 is 0 Å². The maximum absolute atomic E-state index is 13.1. The lowest BCUT2D eigenvalue weighted by Gasteiger charge is -2.13. The molecule has 0 saturated heterocycles. The van der Waals surface area contributed by atoms with Crippen LogP contribution < -0.4 is 9.47 Å². The van der Waals surface area contributed by atoms with Crippen LogP contribution in [0, 0.1) is 19.7 Å². The van der Waals surface area contributed by atoms with Gasteiger partial charge in [-0.2, -0.15) is 4.98 Å². The van der Waals surface area contributed by atoms with Crippen LogP contribution in [0.4, 0.5) is 4.39 Å². The minimum atomic E-state index is -0.314. The third-order valence-electron chi connectivity index (χ3n) is 4.78. The van der Waals surface area contributed by atoms with Crippen molar-refractivity contribution in [3.63, 3.8) is 0 Å². The van der Waals surface area contributed by atoms with Crippen molar-refractivity contribution in [1.29, 1.82) is 0 Å². The summed E-state index contributed by atoms with van der Waals surface area (Å²) in [5, 5.41) is 4.01. The Bertz CT molecular complexity index is 1170. The molecule has 152 valence electrons. The fraction of sp³-hybridized carbons (Fsp3) is 0.167. The summed E-state index contributed by atoms with van der Waals surface area (Å²) in [6, 6.07) is 17.7. The smallest absolute Gasteiger partial charge is 0.258 e. The number of hydrogen-bond acceptors (Lipinski definition) is 5. The Labute approximate surface area is 174 Å². The second-order valence-corrected chi connectivity index (χ2v) is 7.01. The number of hydrogen-bond donors (Lipinski definition) is 0. The Morgan fingerprint density at radius 2 is 1.67 bits per heavy atom. The molecule has 6 heteroatoms. The number of aromatic nitrogens is 2. The molecule has 0 radical (unpaired) electrons. The van der Waals surface area contributed by atoms with E-state index in [1.165, 1.54) is 12.1 Å². The number of ether oxygens (including phenoxy) is 2. The molecule has 0 N–H and O–H groups in total. The van der Waals surface area contributed by atoms with Gasteiger partial charge in [0.25, 0.3) is 5.89 Å².